The molecule has 0 aliphatic heterocycles. The summed E-state index contributed by atoms with van der Waals surface area (Å²) in [6.45, 7) is 1.92. The van der Waals surface area contributed by atoms with Crippen molar-refractivity contribution < 1.29 is 26.0 Å². The Labute approximate surface area is 154 Å². The molecule has 142 valence electrons. The van der Waals surface area contributed by atoms with Crippen LogP contribution in [0.3, 0.4) is 0 Å². The molecule has 2 aromatic rings. The zero-order chi connectivity index (χ0) is 19.3. The number of benzene rings is 1. The van der Waals surface area contributed by atoms with E-state index in [1.807, 2.05) is 0 Å². The number of alkyl halides is 3. The maximum Gasteiger partial charge on any atom is 0.417 e. The summed E-state index contributed by atoms with van der Waals surface area (Å²) in [7, 11) is -3.16. The SMILES string of the molecule is C[C@@H]1C[C@H]1c1ccc(CN(C)S(=O)(=O)c2ccc(Cl)cc2C(F)(F)F)o1. The summed E-state index contributed by atoms with van der Waals surface area (Å²) in [5, 5.41) is -0.187. The standard InChI is InChI=1S/C17H17ClF3NO3S/c1-10-7-13(10)15-5-4-12(25-15)9-22(2)26(23,24)16-6-3-11(18)8-14(16)17(19,20)21/h3-6,8,10,13H,7,9H2,1-2H3/t10-,13-/m1/s1. The van der Waals surface area contributed by atoms with E-state index in [4.69, 9.17) is 16.0 Å². The monoisotopic (exact) mass is 407 g/mol. The van der Waals surface area contributed by atoms with E-state index in [0.717, 1.165) is 28.6 Å². The summed E-state index contributed by atoms with van der Waals surface area (Å²) in [5.41, 5.74) is -1.29. The third kappa shape index (κ3) is 3.77. The second-order valence-electron chi connectivity index (χ2n) is 6.52. The first kappa shape index (κ1) is 19.3. The Balaban J connectivity index is 1.87. The van der Waals surface area contributed by atoms with Crippen molar-refractivity contribution in [3.8, 4) is 0 Å². The van der Waals surface area contributed by atoms with Crippen molar-refractivity contribution in [3.05, 3.63) is 52.4 Å². The molecule has 0 amide bonds. The van der Waals surface area contributed by atoms with E-state index in [2.05, 4.69) is 6.92 Å². The molecule has 26 heavy (non-hydrogen) atoms. The van der Waals surface area contributed by atoms with E-state index in [9.17, 15) is 21.6 Å². The first-order valence-corrected chi connectivity index (χ1v) is 9.73. The lowest BCUT2D eigenvalue weighted by Gasteiger charge is -2.19. The van der Waals surface area contributed by atoms with Gasteiger partial charge >= 0.3 is 6.18 Å². The Bertz CT molecular complexity index is 924. The molecule has 0 saturated heterocycles. The quantitative estimate of drug-likeness (QED) is 0.708. The largest absolute Gasteiger partial charge is 0.464 e. The predicted octanol–water partition coefficient (Wildman–Crippen LogP) is 4.90. The number of halogens is 4. The lowest BCUT2D eigenvalue weighted by Crippen LogP contribution is -2.28. The van der Waals surface area contributed by atoms with Crippen LogP contribution in [-0.2, 0) is 22.7 Å². The molecule has 0 spiro atoms. The first-order chi connectivity index (χ1) is 12.0. The van der Waals surface area contributed by atoms with Crippen LogP contribution in [-0.4, -0.2) is 19.8 Å². The van der Waals surface area contributed by atoms with Gasteiger partial charge in [0.25, 0.3) is 0 Å². The second kappa shape index (κ2) is 6.58. The highest BCUT2D eigenvalue weighted by molar-refractivity contribution is 7.89. The molecule has 4 nitrogen and oxygen atoms in total. The van der Waals surface area contributed by atoms with E-state index in [1.54, 1.807) is 12.1 Å². The topological polar surface area (TPSA) is 50.5 Å². The van der Waals surface area contributed by atoms with E-state index in [-0.39, 0.29) is 11.6 Å². The van der Waals surface area contributed by atoms with Crippen LogP contribution in [0.5, 0.6) is 0 Å². The molecule has 0 unspecified atom stereocenters. The molecule has 0 N–H and O–H groups in total. The van der Waals surface area contributed by atoms with Gasteiger partial charge in [-0.05, 0) is 42.7 Å². The van der Waals surface area contributed by atoms with Crippen molar-refractivity contribution in [1.82, 2.24) is 4.31 Å². The molecular formula is C17H17ClF3NO3S. The average Bonchev–Trinajstić information content (AvgIpc) is 3.08. The van der Waals surface area contributed by atoms with Crippen molar-refractivity contribution in [2.45, 2.75) is 36.9 Å². The summed E-state index contributed by atoms with van der Waals surface area (Å²) in [4.78, 5) is -0.834. The van der Waals surface area contributed by atoms with Crippen LogP contribution in [0.4, 0.5) is 13.2 Å². The number of rotatable bonds is 5. The summed E-state index contributed by atoms with van der Waals surface area (Å²) in [6.07, 6.45) is -3.82. The van der Waals surface area contributed by atoms with Crippen molar-refractivity contribution in [1.29, 1.82) is 0 Å². The van der Waals surface area contributed by atoms with Gasteiger partial charge in [0.1, 0.15) is 11.5 Å². The molecule has 1 heterocycles. The van der Waals surface area contributed by atoms with Crippen LogP contribution in [0.1, 0.15) is 36.3 Å². The third-order valence-electron chi connectivity index (χ3n) is 4.47. The van der Waals surface area contributed by atoms with E-state index in [1.165, 1.54) is 7.05 Å². The van der Waals surface area contributed by atoms with Crippen LogP contribution >= 0.6 is 11.6 Å². The van der Waals surface area contributed by atoms with Gasteiger partial charge in [-0.3, -0.25) is 0 Å². The van der Waals surface area contributed by atoms with Crippen LogP contribution in [0, 0.1) is 5.92 Å². The fourth-order valence-electron chi connectivity index (χ4n) is 2.82. The van der Waals surface area contributed by atoms with Gasteiger partial charge in [0.2, 0.25) is 10.0 Å². The van der Waals surface area contributed by atoms with E-state index >= 15 is 0 Å². The van der Waals surface area contributed by atoms with Crippen LogP contribution in [0.15, 0.2) is 39.6 Å². The molecule has 3 rings (SSSR count). The molecule has 1 aliphatic rings. The number of hydrogen-bond acceptors (Lipinski definition) is 3. The van der Waals surface area contributed by atoms with Crippen molar-refractivity contribution in [3.63, 3.8) is 0 Å². The highest BCUT2D eigenvalue weighted by Crippen LogP contribution is 2.47. The molecule has 2 atom stereocenters. The number of furan rings is 1. The Kier molecular flexibility index (Phi) is 4.87. The van der Waals surface area contributed by atoms with Crippen LogP contribution < -0.4 is 0 Å². The van der Waals surface area contributed by atoms with Gasteiger partial charge < -0.3 is 4.42 Å². The van der Waals surface area contributed by atoms with Crippen LogP contribution in [0.2, 0.25) is 5.02 Å². The summed E-state index contributed by atoms with van der Waals surface area (Å²) in [6, 6.07) is 6.04. The lowest BCUT2D eigenvalue weighted by atomic mass is 10.2. The molecular weight excluding hydrogens is 391 g/mol. The number of nitrogens with zero attached hydrogens (tertiary/aromatic N) is 1. The fourth-order valence-corrected chi connectivity index (χ4v) is 4.32. The van der Waals surface area contributed by atoms with Gasteiger partial charge in [0.15, 0.2) is 0 Å². The zero-order valence-electron chi connectivity index (χ0n) is 14.0. The molecule has 1 aromatic carbocycles. The molecule has 0 bridgehead atoms. The van der Waals surface area contributed by atoms with E-state index in [0.29, 0.717) is 23.7 Å². The second-order valence-corrected chi connectivity index (χ2v) is 8.97. The fraction of sp³-hybridized carbons (Fsp3) is 0.412. The van der Waals surface area contributed by atoms with Crippen molar-refractivity contribution in [2.24, 2.45) is 5.92 Å². The minimum Gasteiger partial charge on any atom is -0.464 e. The number of hydrogen-bond donors (Lipinski definition) is 0. The zero-order valence-corrected chi connectivity index (χ0v) is 15.6. The minimum absolute atomic E-state index is 0.163. The van der Waals surface area contributed by atoms with E-state index < -0.39 is 26.7 Å². The van der Waals surface area contributed by atoms with Gasteiger partial charge in [-0.2, -0.15) is 17.5 Å². The lowest BCUT2D eigenvalue weighted by molar-refractivity contribution is -0.139. The Hall–Kier alpha value is -1.51. The Morgan fingerprint density at radius 1 is 1.27 bits per heavy atom. The van der Waals surface area contributed by atoms with Crippen molar-refractivity contribution in [2.75, 3.05) is 7.05 Å². The minimum atomic E-state index is -4.84. The van der Waals surface area contributed by atoms with Gasteiger partial charge in [0, 0.05) is 18.0 Å². The van der Waals surface area contributed by atoms with Gasteiger partial charge in [-0.1, -0.05) is 18.5 Å². The molecule has 1 aromatic heterocycles. The van der Waals surface area contributed by atoms with Gasteiger partial charge in [-0.25, -0.2) is 8.42 Å². The summed E-state index contributed by atoms with van der Waals surface area (Å²) >= 11 is 5.61. The van der Waals surface area contributed by atoms with Gasteiger partial charge in [0.05, 0.1) is 17.0 Å². The highest BCUT2D eigenvalue weighted by atomic mass is 35.5. The summed E-state index contributed by atoms with van der Waals surface area (Å²) in [5.74, 6) is 2.02. The normalized spacial score (nSPS) is 20.6. The Morgan fingerprint density at radius 2 is 1.92 bits per heavy atom. The Morgan fingerprint density at radius 3 is 2.50 bits per heavy atom. The van der Waals surface area contributed by atoms with Crippen molar-refractivity contribution >= 4 is 21.6 Å². The highest BCUT2D eigenvalue weighted by Gasteiger charge is 2.39. The maximum atomic E-state index is 13.2. The molecule has 1 aliphatic carbocycles. The molecule has 1 fully saturated rings. The molecule has 0 radical (unpaired) electrons. The predicted molar refractivity (Wildman–Crippen MR) is 90.3 cm³/mol. The maximum absolute atomic E-state index is 13.2. The molecule has 9 heteroatoms. The first-order valence-electron chi connectivity index (χ1n) is 7.92. The summed E-state index contributed by atoms with van der Waals surface area (Å²) < 4.78 is 71.5. The van der Waals surface area contributed by atoms with Gasteiger partial charge in [-0.15, -0.1) is 0 Å². The molecule has 1 saturated carbocycles. The number of sulfonamides is 1. The van der Waals surface area contributed by atoms with Crippen LogP contribution in [0.25, 0.3) is 0 Å². The smallest absolute Gasteiger partial charge is 0.417 e. The average molecular weight is 408 g/mol. The third-order valence-corrected chi connectivity index (χ3v) is 6.57.